The molecule has 6 nitrogen and oxygen atoms in total. The van der Waals surface area contributed by atoms with Gasteiger partial charge < -0.3 is 4.90 Å². The molecule has 2 heterocycles. The van der Waals surface area contributed by atoms with Crippen molar-refractivity contribution in [2.24, 2.45) is 0 Å². The van der Waals surface area contributed by atoms with Gasteiger partial charge in [0.1, 0.15) is 6.04 Å². The number of halogens is 2. The van der Waals surface area contributed by atoms with E-state index in [4.69, 9.17) is 0 Å². The van der Waals surface area contributed by atoms with Crippen molar-refractivity contribution in [2.45, 2.75) is 45.1 Å². The quantitative estimate of drug-likeness (QED) is 0.673. The standard InChI is InChI=1S/C15H27F2N3O3S/c1-2-3-11-24(22,23)20-6-4-5-13(20)15(21)19-9-7-18(8-10-19)12-14(16)17/h13-14H,2-12H2,1H3. The summed E-state index contributed by atoms with van der Waals surface area (Å²) in [7, 11) is -3.41. The Hall–Kier alpha value is -0.800. The lowest BCUT2D eigenvalue weighted by atomic mass is 10.2. The Bertz CT molecular complexity index is 522. The van der Waals surface area contributed by atoms with E-state index in [0.717, 1.165) is 6.42 Å². The summed E-state index contributed by atoms with van der Waals surface area (Å²) in [5.74, 6) is -0.0978. The molecule has 0 aliphatic carbocycles. The number of nitrogens with zero attached hydrogens (tertiary/aromatic N) is 3. The summed E-state index contributed by atoms with van der Waals surface area (Å²) in [6.45, 7) is 3.63. The molecule has 2 fully saturated rings. The molecule has 140 valence electrons. The molecule has 2 rings (SSSR count). The number of carbonyl (C=O) groups is 1. The Kier molecular flexibility index (Phi) is 6.94. The molecule has 1 unspecified atom stereocenters. The van der Waals surface area contributed by atoms with Crippen molar-refractivity contribution in [3.63, 3.8) is 0 Å². The number of hydrogen-bond donors (Lipinski definition) is 0. The molecule has 0 aromatic rings. The third-order valence-electron chi connectivity index (χ3n) is 4.68. The van der Waals surface area contributed by atoms with Crippen molar-refractivity contribution in [1.82, 2.24) is 14.1 Å². The van der Waals surface area contributed by atoms with Gasteiger partial charge in [0.2, 0.25) is 15.9 Å². The van der Waals surface area contributed by atoms with Gasteiger partial charge in [-0.3, -0.25) is 9.69 Å². The Labute approximate surface area is 142 Å². The second-order valence-corrected chi connectivity index (χ2v) is 8.50. The fourth-order valence-electron chi connectivity index (χ4n) is 3.32. The Morgan fingerprint density at radius 3 is 2.42 bits per heavy atom. The normalized spacial score (nSPS) is 24.0. The third-order valence-corrected chi connectivity index (χ3v) is 6.64. The number of unbranched alkanes of at least 4 members (excludes halogenated alkanes) is 1. The van der Waals surface area contributed by atoms with E-state index < -0.39 is 22.5 Å². The molecule has 0 bridgehead atoms. The fourth-order valence-corrected chi connectivity index (χ4v) is 5.20. The number of rotatable bonds is 7. The van der Waals surface area contributed by atoms with Crippen LogP contribution in [0.1, 0.15) is 32.6 Å². The zero-order valence-corrected chi connectivity index (χ0v) is 15.0. The zero-order chi connectivity index (χ0) is 17.7. The van der Waals surface area contributed by atoms with Gasteiger partial charge in [-0.25, -0.2) is 17.2 Å². The predicted octanol–water partition coefficient (Wildman–Crippen LogP) is 0.990. The van der Waals surface area contributed by atoms with Crippen molar-refractivity contribution >= 4 is 15.9 Å². The SMILES string of the molecule is CCCCS(=O)(=O)N1CCCC1C(=O)N1CCN(CC(F)F)CC1. The van der Waals surface area contributed by atoms with Crippen LogP contribution >= 0.6 is 0 Å². The number of amides is 1. The summed E-state index contributed by atoms with van der Waals surface area (Å²) < 4.78 is 51.0. The third kappa shape index (κ3) is 4.86. The molecule has 1 amide bonds. The van der Waals surface area contributed by atoms with Gasteiger partial charge >= 0.3 is 0 Å². The van der Waals surface area contributed by atoms with Gasteiger partial charge in [-0.15, -0.1) is 0 Å². The highest BCUT2D eigenvalue weighted by molar-refractivity contribution is 7.89. The van der Waals surface area contributed by atoms with E-state index in [0.29, 0.717) is 52.0 Å². The number of piperazine rings is 1. The number of sulfonamides is 1. The maximum Gasteiger partial charge on any atom is 0.251 e. The topological polar surface area (TPSA) is 60.9 Å². The summed E-state index contributed by atoms with van der Waals surface area (Å²) in [6.07, 6.45) is 0.236. The predicted molar refractivity (Wildman–Crippen MR) is 87.4 cm³/mol. The molecule has 24 heavy (non-hydrogen) atoms. The van der Waals surface area contributed by atoms with Crippen LogP contribution in [0.5, 0.6) is 0 Å². The first-order chi connectivity index (χ1) is 11.3. The molecule has 0 radical (unpaired) electrons. The maximum atomic E-state index is 12.7. The van der Waals surface area contributed by atoms with E-state index in [1.807, 2.05) is 6.92 Å². The Morgan fingerprint density at radius 1 is 1.17 bits per heavy atom. The summed E-state index contributed by atoms with van der Waals surface area (Å²) in [5, 5.41) is 0. The minimum absolute atomic E-state index is 0.0788. The van der Waals surface area contributed by atoms with Crippen LogP contribution in [0, 0.1) is 0 Å². The zero-order valence-electron chi connectivity index (χ0n) is 14.2. The van der Waals surface area contributed by atoms with Gasteiger partial charge in [-0.1, -0.05) is 13.3 Å². The minimum atomic E-state index is -3.41. The van der Waals surface area contributed by atoms with E-state index in [9.17, 15) is 22.0 Å². The van der Waals surface area contributed by atoms with Gasteiger partial charge in [0.05, 0.1) is 12.3 Å². The highest BCUT2D eigenvalue weighted by Gasteiger charge is 2.40. The van der Waals surface area contributed by atoms with Gasteiger partial charge in [0.15, 0.2) is 0 Å². The van der Waals surface area contributed by atoms with Crippen LogP contribution in [0.4, 0.5) is 8.78 Å². The van der Waals surface area contributed by atoms with Crippen molar-refractivity contribution in [2.75, 3.05) is 45.0 Å². The van der Waals surface area contributed by atoms with Crippen LogP contribution < -0.4 is 0 Å². The molecule has 1 atom stereocenters. The first-order valence-electron chi connectivity index (χ1n) is 8.64. The summed E-state index contributed by atoms with van der Waals surface area (Å²) in [4.78, 5) is 16.0. The van der Waals surface area contributed by atoms with Crippen LogP contribution in [0.25, 0.3) is 0 Å². The van der Waals surface area contributed by atoms with Gasteiger partial charge in [-0.2, -0.15) is 4.31 Å². The smallest absolute Gasteiger partial charge is 0.251 e. The average Bonchev–Trinajstić information content (AvgIpc) is 3.03. The lowest BCUT2D eigenvalue weighted by molar-refractivity contribution is -0.136. The first-order valence-corrected chi connectivity index (χ1v) is 10.2. The largest absolute Gasteiger partial charge is 0.339 e. The monoisotopic (exact) mass is 367 g/mol. The van der Waals surface area contributed by atoms with E-state index in [1.54, 1.807) is 9.80 Å². The molecule has 0 saturated carbocycles. The molecule has 0 aromatic heterocycles. The molecule has 9 heteroatoms. The minimum Gasteiger partial charge on any atom is -0.339 e. The molecule has 0 spiro atoms. The second kappa shape index (κ2) is 8.53. The van der Waals surface area contributed by atoms with Crippen molar-refractivity contribution < 1.29 is 22.0 Å². The molecular weight excluding hydrogens is 340 g/mol. The molecule has 0 N–H and O–H groups in total. The van der Waals surface area contributed by atoms with Crippen LogP contribution in [0.15, 0.2) is 0 Å². The molecule has 2 aliphatic rings. The number of carbonyl (C=O) groups excluding carboxylic acids is 1. The number of alkyl halides is 2. The summed E-state index contributed by atoms with van der Waals surface area (Å²) in [6, 6.07) is -0.617. The average molecular weight is 367 g/mol. The summed E-state index contributed by atoms with van der Waals surface area (Å²) in [5.41, 5.74) is 0. The van der Waals surface area contributed by atoms with Crippen molar-refractivity contribution in [3.05, 3.63) is 0 Å². The lowest BCUT2D eigenvalue weighted by Gasteiger charge is -2.37. The van der Waals surface area contributed by atoms with Crippen LogP contribution in [-0.4, -0.2) is 85.9 Å². The van der Waals surface area contributed by atoms with Crippen LogP contribution in [0.2, 0.25) is 0 Å². The molecule has 0 aromatic carbocycles. The van der Waals surface area contributed by atoms with Crippen LogP contribution in [-0.2, 0) is 14.8 Å². The van der Waals surface area contributed by atoms with E-state index in [2.05, 4.69) is 0 Å². The van der Waals surface area contributed by atoms with E-state index in [-0.39, 0.29) is 18.2 Å². The summed E-state index contributed by atoms with van der Waals surface area (Å²) >= 11 is 0. The molecular formula is C15H27F2N3O3S. The van der Waals surface area contributed by atoms with Gasteiger partial charge in [0.25, 0.3) is 6.43 Å². The Balaban J connectivity index is 1.94. The van der Waals surface area contributed by atoms with E-state index >= 15 is 0 Å². The molecule has 2 aliphatic heterocycles. The van der Waals surface area contributed by atoms with Gasteiger partial charge in [0, 0.05) is 32.7 Å². The highest BCUT2D eigenvalue weighted by Crippen LogP contribution is 2.24. The lowest BCUT2D eigenvalue weighted by Crippen LogP contribution is -2.55. The van der Waals surface area contributed by atoms with E-state index in [1.165, 1.54) is 4.31 Å². The highest BCUT2D eigenvalue weighted by atomic mass is 32.2. The Morgan fingerprint density at radius 2 is 1.83 bits per heavy atom. The van der Waals surface area contributed by atoms with Crippen molar-refractivity contribution in [1.29, 1.82) is 0 Å². The van der Waals surface area contributed by atoms with Gasteiger partial charge in [-0.05, 0) is 19.3 Å². The fraction of sp³-hybridized carbons (Fsp3) is 0.933. The molecule has 2 saturated heterocycles. The first kappa shape index (κ1) is 19.5. The van der Waals surface area contributed by atoms with Crippen molar-refractivity contribution in [3.8, 4) is 0 Å². The number of hydrogen-bond acceptors (Lipinski definition) is 4. The van der Waals surface area contributed by atoms with Crippen LogP contribution in [0.3, 0.4) is 0 Å². The second-order valence-electron chi connectivity index (χ2n) is 6.46. The maximum absolute atomic E-state index is 12.7.